The highest BCUT2D eigenvalue weighted by Crippen LogP contribution is 2.14. The van der Waals surface area contributed by atoms with Crippen molar-refractivity contribution >= 4 is 77.0 Å². The van der Waals surface area contributed by atoms with E-state index in [9.17, 15) is 87.9 Å². The molecule has 18 N–H and O–H groups in total. The summed E-state index contributed by atoms with van der Waals surface area (Å²) in [6, 6.07) is -7.11. The van der Waals surface area contributed by atoms with Crippen LogP contribution in [0.5, 0.6) is 5.75 Å². The van der Waals surface area contributed by atoms with E-state index in [0.29, 0.717) is 5.56 Å². The van der Waals surface area contributed by atoms with Gasteiger partial charge in [0.05, 0.1) is 26.1 Å². The molecule has 8 atom stereocenters. The quantitative estimate of drug-likeness (QED) is 0.0306. The fraction of sp³-hybridized carbons (Fsp3) is 0.578. The van der Waals surface area contributed by atoms with Crippen LogP contribution in [0.1, 0.15) is 85.1 Å². The number of nitrogens with one attached hydrogen (secondary N) is 9. The molecule has 1 aromatic rings. The number of carboxylic acids is 3. The van der Waals surface area contributed by atoms with Crippen LogP contribution in [-0.2, 0) is 68.7 Å². The fourth-order valence-electron chi connectivity index (χ4n) is 6.70. The fourth-order valence-corrected chi connectivity index (χ4v) is 6.70. The first-order valence-corrected chi connectivity index (χ1v) is 23.3. The number of amides is 10. The Hall–Kier alpha value is -7.95. The minimum absolute atomic E-state index is 0.0199. The summed E-state index contributed by atoms with van der Waals surface area (Å²) in [5.41, 5.74) is 10.8. The second-order valence-electron chi connectivity index (χ2n) is 17.9. The Bertz CT molecular complexity index is 2170. The van der Waals surface area contributed by atoms with Crippen molar-refractivity contribution in [3.8, 4) is 5.75 Å². The van der Waals surface area contributed by atoms with Gasteiger partial charge in [0.25, 0.3) is 0 Å². The molecule has 29 heteroatoms. The summed E-state index contributed by atoms with van der Waals surface area (Å²) in [5.74, 6) is -15.1. The lowest BCUT2D eigenvalue weighted by Crippen LogP contribution is -2.60. The number of aliphatic hydroxyl groups excluding tert-OH is 1. The standard InChI is InChI=1S/C45H69N11O18/c1-21(2)14-28(42(70)49-23(5)38(66)52-27(11-13-36(62)63)41(69)56-31(45(73)74)15-22(3)4)53-43(71)29(16-24-6-8-25(58)9-7-24)54-44(72)32(20-57)51-35(61)19-48-39(67)30(17-37(64)65)55-40(68)26(10-12-33(47)59)50-34(60)18-46/h6-9,21-23,26-32,57-58H,10-20,46H2,1-5H3,(H2,47,59)(H,48,67)(H,49,70)(H,50,60)(H,51,61)(H,52,66)(H,53,71)(H,54,72)(H,55,68)(H,56,69)(H,62,63)(H,64,65)(H,73,74)/t23-,26-,27-,28-,29-,30-,31-,32-/m0/s1. The zero-order valence-electron chi connectivity index (χ0n) is 41.6. The zero-order valence-corrected chi connectivity index (χ0v) is 41.6. The van der Waals surface area contributed by atoms with E-state index < -0.39 is 171 Å². The number of phenolic OH excluding ortho intramolecular Hbond substituents is 1. The molecule has 74 heavy (non-hydrogen) atoms. The molecule has 0 aliphatic rings. The lowest BCUT2D eigenvalue weighted by atomic mass is 10.0. The summed E-state index contributed by atoms with van der Waals surface area (Å²) in [6.45, 7) is 5.42. The first-order valence-electron chi connectivity index (χ1n) is 23.3. The number of aliphatic carboxylic acids is 3. The van der Waals surface area contributed by atoms with Gasteiger partial charge in [-0.1, -0.05) is 39.8 Å². The lowest BCUT2D eigenvalue weighted by Gasteiger charge is -2.27. The second-order valence-corrected chi connectivity index (χ2v) is 17.9. The maximum Gasteiger partial charge on any atom is 0.326 e. The van der Waals surface area contributed by atoms with E-state index in [0.717, 1.165) is 0 Å². The summed E-state index contributed by atoms with van der Waals surface area (Å²) >= 11 is 0. The number of aliphatic hydroxyl groups is 1. The van der Waals surface area contributed by atoms with Gasteiger partial charge in [-0.15, -0.1) is 0 Å². The number of carbonyl (C=O) groups excluding carboxylic acids is 10. The number of carboxylic acid groups (broad SMARTS) is 3. The molecular weight excluding hydrogens is 983 g/mol. The molecule has 0 fully saturated rings. The molecule has 10 amide bonds. The Morgan fingerprint density at radius 2 is 0.973 bits per heavy atom. The molecule has 0 spiro atoms. The van der Waals surface area contributed by atoms with Crippen LogP contribution in [0.25, 0.3) is 0 Å². The smallest absolute Gasteiger partial charge is 0.326 e. The van der Waals surface area contributed by atoms with E-state index >= 15 is 0 Å². The Balaban J connectivity index is 3.28. The lowest BCUT2D eigenvalue weighted by molar-refractivity contribution is -0.143. The Morgan fingerprint density at radius 1 is 0.514 bits per heavy atom. The number of rotatable bonds is 34. The van der Waals surface area contributed by atoms with Crippen molar-refractivity contribution in [3.63, 3.8) is 0 Å². The maximum absolute atomic E-state index is 14.0. The topological polar surface area (TPSA) is 483 Å². The molecule has 29 nitrogen and oxygen atoms in total. The predicted molar refractivity (Wildman–Crippen MR) is 256 cm³/mol. The molecule has 0 radical (unpaired) electrons. The van der Waals surface area contributed by atoms with Gasteiger partial charge < -0.3 is 84.9 Å². The molecule has 0 aliphatic heterocycles. The average Bonchev–Trinajstić information content (AvgIpc) is 3.31. The second kappa shape index (κ2) is 32.2. The van der Waals surface area contributed by atoms with E-state index in [-0.39, 0.29) is 43.3 Å². The molecule has 1 rings (SSSR count). The van der Waals surface area contributed by atoms with Crippen molar-refractivity contribution in [2.75, 3.05) is 19.7 Å². The van der Waals surface area contributed by atoms with E-state index in [1.807, 2.05) is 0 Å². The number of primary amides is 1. The van der Waals surface area contributed by atoms with Crippen molar-refractivity contribution in [2.24, 2.45) is 23.3 Å². The number of carbonyl (C=O) groups is 13. The third-order valence-corrected chi connectivity index (χ3v) is 10.5. The van der Waals surface area contributed by atoms with Crippen LogP contribution in [0.15, 0.2) is 24.3 Å². The highest BCUT2D eigenvalue weighted by atomic mass is 16.4. The van der Waals surface area contributed by atoms with Gasteiger partial charge in [0.15, 0.2) is 0 Å². The van der Waals surface area contributed by atoms with Gasteiger partial charge in [-0.3, -0.25) is 57.5 Å². The summed E-state index contributed by atoms with van der Waals surface area (Å²) in [6.07, 6.45) is -3.17. The third-order valence-electron chi connectivity index (χ3n) is 10.5. The van der Waals surface area contributed by atoms with E-state index in [4.69, 9.17) is 11.5 Å². The van der Waals surface area contributed by atoms with Crippen LogP contribution in [0.4, 0.5) is 0 Å². The van der Waals surface area contributed by atoms with Crippen molar-refractivity contribution in [1.29, 1.82) is 0 Å². The third kappa shape index (κ3) is 24.9. The van der Waals surface area contributed by atoms with Gasteiger partial charge in [-0.2, -0.15) is 0 Å². The number of benzene rings is 1. The Labute approximate surface area is 424 Å². The van der Waals surface area contributed by atoms with E-state index in [1.54, 1.807) is 27.7 Å². The van der Waals surface area contributed by atoms with Crippen molar-refractivity contribution < 1.29 is 87.9 Å². The maximum atomic E-state index is 14.0. The highest BCUT2D eigenvalue weighted by Gasteiger charge is 2.34. The van der Waals surface area contributed by atoms with Crippen LogP contribution in [0.3, 0.4) is 0 Å². The molecule has 412 valence electrons. The van der Waals surface area contributed by atoms with Crippen LogP contribution in [0, 0.1) is 11.8 Å². The zero-order chi connectivity index (χ0) is 56.4. The minimum Gasteiger partial charge on any atom is -0.508 e. The summed E-state index contributed by atoms with van der Waals surface area (Å²) in [5, 5.41) is 68.7. The van der Waals surface area contributed by atoms with Gasteiger partial charge in [0.1, 0.15) is 54.1 Å². The average molecular weight is 1050 g/mol. The Kier molecular flexibility index (Phi) is 27.9. The van der Waals surface area contributed by atoms with Crippen molar-refractivity contribution in [2.45, 2.75) is 134 Å². The molecule has 1 aromatic carbocycles. The Morgan fingerprint density at radius 3 is 1.49 bits per heavy atom. The van der Waals surface area contributed by atoms with Crippen molar-refractivity contribution in [3.05, 3.63) is 29.8 Å². The molecule has 0 heterocycles. The SMILES string of the molecule is CC(C)C[C@H](NC(=O)[C@H](CCC(=O)O)NC(=O)[C@H](C)NC(=O)[C@H](CC(C)C)NC(=O)[C@H](Cc1ccc(O)cc1)NC(=O)[C@H](CO)NC(=O)CNC(=O)[C@H](CC(=O)O)NC(=O)[C@H](CCC(N)=O)NC(=O)CN)C(=O)O. The van der Waals surface area contributed by atoms with Gasteiger partial charge in [0.2, 0.25) is 59.1 Å². The molecule has 0 saturated carbocycles. The minimum atomic E-state index is -1.85. The summed E-state index contributed by atoms with van der Waals surface area (Å²) in [4.78, 5) is 165. The van der Waals surface area contributed by atoms with Crippen LogP contribution >= 0.6 is 0 Å². The first-order chi connectivity index (χ1) is 34.6. The van der Waals surface area contributed by atoms with E-state index in [2.05, 4.69) is 47.9 Å². The van der Waals surface area contributed by atoms with Crippen LogP contribution in [-0.4, -0.2) is 171 Å². The molecule has 0 bridgehead atoms. The largest absolute Gasteiger partial charge is 0.508 e. The molecule has 0 aliphatic carbocycles. The summed E-state index contributed by atoms with van der Waals surface area (Å²) in [7, 11) is 0. The highest BCUT2D eigenvalue weighted by molar-refractivity contribution is 5.98. The number of phenols is 1. The van der Waals surface area contributed by atoms with Gasteiger partial charge in [-0.25, -0.2) is 4.79 Å². The molecule has 0 unspecified atom stereocenters. The number of hydrogen-bond acceptors (Lipinski definition) is 16. The number of hydrogen-bond donors (Lipinski definition) is 16. The van der Waals surface area contributed by atoms with Crippen LogP contribution in [0.2, 0.25) is 0 Å². The number of nitrogens with two attached hydrogens (primary N) is 2. The summed E-state index contributed by atoms with van der Waals surface area (Å²) < 4.78 is 0. The first kappa shape index (κ1) is 64.1. The molecular formula is C45H69N11O18. The van der Waals surface area contributed by atoms with Crippen molar-refractivity contribution in [1.82, 2.24) is 47.9 Å². The monoisotopic (exact) mass is 1050 g/mol. The molecule has 0 saturated heterocycles. The van der Waals surface area contributed by atoms with E-state index in [1.165, 1.54) is 31.2 Å². The van der Waals surface area contributed by atoms with Gasteiger partial charge in [-0.05, 0) is 62.1 Å². The normalized spacial score (nSPS) is 14.2. The van der Waals surface area contributed by atoms with Gasteiger partial charge in [0, 0.05) is 19.3 Å². The number of aromatic hydroxyl groups is 1. The predicted octanol–water partition coefficient (Wildman–Crippen LogP) is -5.32. The van der Waals surface area contributed by atoms with Crippen LogP contribution < -0.4 is 59.3 Å². The van der Waals surface area contributed by atoms with Gasteiger partial charge >= 0.3 is 17.9 Å². The molecule has 0 aromatic heterocycles.